The van der Waals surface area contributed by atoms with Gasteiger partial charge in [0.15, 0.2) is 5.82 Å². The molecule has 1 aromatic carbocycles. The molecule has 1 aromatic heterocycles. The molecule has 2 rings (SSSR count). The summed E-state index contributed by atoms with van der Waals surface area (Å²) in [7, 11) is 0. The molecular formula is C11H10N2O. The maximum Gasteiger partial charge on any atom is 0.250 e. The molecule has 0 N–H and O–H groups in total. The van der Waals surface area contributed by atoms with Crippen LogP contribution >= 0.6 is 0 Å². The Morgan fingerprint density at radius 3 is 2.71 bits per heavy atom. The van der Waals surface area contributed by atoms with Gasteiger partial charge in [0.05, 0.1) is 0 Å². The molecule has 70 valence electrons. The van der Waals surface area contributed by atoms with Crippen LogP contribution in [-0.4, -0.2) is 10.1 Å². The van der Waals surface area contributed by atoms with Crippen LogP contribution in [-0.2, 0) is 6.42 Å². The molecule has 3 heteroatoms. The van der Waals surface area contributed by atoms with E-state index in [2.05, 4.69) is 16.7 Å². The SMILES string of the molecule is C=Cc1nc(Cc2ccccc2)no1. The minimum Gasteiger partial charge on any atom is -0.335 e. The molecule has 0 aliphatic heterocycles. The Labute approximate surface area is 82.1 Å². The lowest BCUT2D eigenvalue weighted by molar-refractivity contribution is 0.404. The van der Waals surface area contributed by atoms with Gasteiger partial charge in [0.25, 0.3) is 0 Å². The van der Waals surface area contributed by atoms with Gasteiger partial charge in [-0.1, -0.05) is 42.1 Å². The first-order valence-electron chi connectivity index (χ1n) is 4.37. The van der Waals surface area contributed by atoms with Crippen LogP contribution in [0, 0.1) is 0 Å². The highest BCUT2D eigenvalue weighted by atomic mass is 16.5. The number of benzene rings is 1. The van der Waals surface area contributed by atoms with Gasteiger partial charge < -0.3 is 4.52 Å². The first-order chi connectivity index (χ1) is 6.88. The number of hydrogen-bond acceptors (Lipinski definition) is 3. The van der Waals surface area contributed by atoms with Gasteiger partial charge in [-0.2, -0.15) is 4.98 Å². The van der Waals surface area contributed by atoms with Gasteiger partial charge in [-0.25, -0.2) is 0 Å². The number of nitrogens with zero attached hydrogens (tertiary/aromatic N) is 2. The Bertz CT molecular complexity index is 420. The van der Waals surface area contributed by atoms with Gasteiger partial charge in [0.2, 0.25) is 5.89 Å². The van der Waals surface area contributed by atoms with Crippen LogP contribution in [0.25, 0.3) is 6.08 Å². The Kier molecular flexibility index (Phi) is 2.40. The zero-order chi connectivity index (χ0) is 9.80. The van der Waals surface area contributed by atoms with Gasteiger partial charge in [-0.3, -0.25) is 0 Å². The monoisotopic (exact) mass is 186 g/mol. The molecule has 0 aliphatic rings. The van der Waals surface area contributed by atoms with E-state index < -0.39 is 0 Å². The van der Waals surface area contributed by atoms with Crippen molar-refractivity contribution in [2.24, 2.45) is 0 Å². The molecule has 0 bridgehead atoms. The fourth-order valence-electron chi connectivity index (χ4n) is 1.20. The Balaban J connectivity index is 2.15. The largest absolute Gasteiger partial charge is 0.335 e. The van der Waals surface area contributed by atoms with E-state index in [9.17, 15) is 0 Å². The van der Waals surface area contributed by atoms with E-state index in [1.807, 2.05) is 30.3 Å². The minimum atomic E-state index is 0.468. The lowest BCUT2D eigenvalue weighted by Crippen LogP contribution is -1.89. The summed E-state index contributed by atoms with van der Waals surface area (Å²) >= 11 is 0. The summed E-state index contributed by atoms with van der Waals surface area (Å²) in [6.45, 7) is 3.56. The Hall–Kier alpha value is -1.90. The quantitative estimate of drug-likeness (QED) is 0.738. The minimum absolute atomic E-state index is 0.468. The molecule has 0 atom stereocenters. The van der Waals surface area contributed by atoms with Gasteiger partial charge in [-0.05, 0) is 11.6 Å². The van der Waals surface area contributed by atoms with Gasteiger partial charge in [0, 0.05) is 6.42 Å². The van der Waals surface area contributed by atoms with E-state index in [1.165, 1.54) is 5.56 Å². The smallest absolute Gasteiger partial charge is 0.250 e. The van der Waals surface area contributed by atoms with E-state index in [0.29, 0.717) is 18.1 Å². The molecule has 0 amide bonds. The molecule has 14 heavy (non-hydrogen) atoms. The molecule has 0 unspecified atom stereocenters. The first kappa shape index (κ1) is 8.69. The van der Waals surface area contributed by atoms with Crippen LogP contribution in [0.5, 0.6) is 0 Å². The standard InChI is InChI=1S/C11H10N2O/c1-2-11-12-10(13-14-11)8-9-6-4-3-5-7-9/h2-7H,1,8H2. The molecule has 2 aromatic rings. The third-order valence-electron chi connectivity index (χ3n) is 1.86. The zero-order valence-electron chi connectivity index (χ0n) is 7.68. The van der Waals surface area contributed by atoms with Crippen LogP contribution in [0.2, 0.25) is 0 Å². The summed E-state index contributed by atoms with van der Waals surface area (Å²) in [6.07, 6.45) is 2.24. The van der Waals surface area contributed by atoms with E-state index in [0.717, 1.165) is 0 Å². The second-order valence-electron chi connectivity index (χ2n) is 2.92. The lowest BCUT2D eigenvalue weighted by atomic mass is 10.1. The summed E-state index contributed by atoms with van der Waals surface area (Å²) in [5.41, 5.74) is 1.17. The van der Waals surface area contributed by atoms with Crippen molar-refractivity contribution in [1.29, 1.82) is 0 Å². The third-order valence-corrected chi connectivity index (χ3v) is 1.86. The summed E-state index contributed by atoms with van der Waals surface area (Å²) in [5.74, 6) is 1.15. The molecule has 0 saturated heterocycles. The highest BCUT2D eigenvalue weighted by Gasteiger charge is 2.03. The highest BCUT2D eigenvalue weighted by Crippen LogP contribution is 2.06. The summed E-state index contributed by atoms with van der Waals surface area (Å²) in [6, 6.07) is 10.0. The number of aromatic nitrogens is 2. The van der Waals surface area contributed by atoms with Crippen molar-refractivity contribution in [3.63, 3.8) is 0 Å². The van der Waals surface area contributed by atoms with Crippen molar-refractivity contribution >= 4 is 6.08 Å². The lowest BCUT2D eigenvalue weighted by Gasteiger charge is -1.93. The molecule has 0 aliphatic carbocycles. The summed E-state index contributed by atoms with van der Waals surface area (Å²) in [4.78, 5) is 4.13. The zero-order valence-corrected chi connectivity index (χ0v) is 7.68. The van der Waals surface area contributed by atoms with Gasteiger partial charge in [-0.15, -0.1) is 0 Å². The molecule has 0 fully saturated rings. The summed E-state index contributed by atoms with van der Waals surface area (Å²) in [5, 5.41) is 3.82. The van der Waals surface area contributed by atoms with Crippen molar-refractivity contribution in [3.05, 3.63) is 54.2 Å². The predicted molar refractivity (Wildman–Crippen MR) is 53.6 cm³/mol. The normalized spacial score (nSPS) is 10.0. The molecule has 0 saturated carbocycles. The molecule has 0 radical (unpaired) electrons. The van der Waals surface area contributed by atoms with E-state index in [1.54, 1.807) is 6.08 Å². The van der Waals surface area contributed by atoms with Crippen LogP contribution in [0.15, 0.2) is 41.4 Å². The second kappa shape index (κ2) is 3.87. The molecule has 0 spiro atoms. The Morgan fingerprint density at radius 2 is 2.07 bits per heavy atom. The fourth-order valence-corrected chi connectivity index (χ4v) is 1.20. The Morgan fingerprint density at radius 1 is 1.29 bits per heavy atom. The molecular weight excluding hydrogens is 176 g/mol. The van der Waals surface area contributed by atoms with Crippen LogP contribution in [0.3, 0.4) is 0 Å². The first-order valence-corrected chi connectivity index (χ1v) is 4.37. The number of hydrogen-bond donors (Lipinski definition) is 0. The van der Waals surface area contributed by atoms with Gasteiger partial charge >= 0.3 is 0 Å². The van der Waals surface area contributed by atoms with Crippen molar-refractivity contribution in [1.82, 2.24) is 10.1 Å². The molecule has 1 heterocycles. The summed E-state index contributed by atoms with van der Waals surface area (Å²) < 4.78 is 4.91. The third kappa shape index (κ3) is 1.88. The highest BCUT2D eigenvalue weighted by molar-refractivity contribution is 5.33. The number of rotatable bonds is 3. The van der Waals surface area contributed by atoms with Crippen LogP contribution in [0.4, 0.5) is 0 Å². The maximum atomic E-state index is 4.91. The average Bonchev–Trinajstić information content (AvgIpc) is 2.67. The van der Waals surface area contributed by atoms with Crippen molar-refractivity contribution in [2.45, 2.75) is 6.42 Å². The van der Waals surface area contributed by atoms with Crippen LogP contribution < -0.4 is 0 Å². The van der Waals surface area contributed by atoms with Crippen molar-refractivity contribution < 1.29 is 4.52 Å². The maximum absolute atomic E-state index is 4.91. The van der Waals surface area contributed by atoms with E-state index in [-0.39, 0.29) is 0 Å². The van der Waals surface area contributed by atoms with Crippen molar-refractivity contribution in [2.75, 3.05) is 0 Å². The fraction of sp³-hybridized carbons (Fsp3) is 0.0909. The topological polar surface area (TPSA) is 38.9 Å². The molecule has 3 nitrogen and oxygen atoms in total. The predicted octanol–water partition coefficient (Wildman–Crippen LogP) is 2.30. The van der Waals surface area contributed by atoms with Crippen molar-refractivity contribution in [3.8, 4) is 0 Å². The van der Waals surface area contributed by atoms with Gasteiger partial charge in [0.1, 0.15) is 0 Å². The van der Waals surface area contributed by atoms with Crippen LogP contribution in [0.1, 0.15) is 17.3 Å². The second-order valence-corrected chi connectivity index (χ2v) is 2.92. The van der Waals surface area contributed by atoms with E-state index in [4.69, 9.17) is 4.52 Å². The van der Waals surface area contributed by atoms with E-state index >= 15 is 0 Å². The average molecular weight is 186 g/mol.